The summed E-state index contributed by atoms with van der Waals surface area (Å²) in [6, 6.07) is 0. The molecule has 2 aliphatic carbocycles. The number of allylic oxidation sites excluding steroid dienone is 6. The van der Waals surface area contributed by atoms with E-state index in [0.29, 0.717) is 0 Å². The average molecular weight is 174 g/mol. The first-order valence-electron chi connectivity index (χ1n) is 5.36. The predicted octanol–water partition coefficient (Wildman–Crippen LogP) is 3.87. The molecule has 0 radical (unpaired) electrons. The molecule has 0 bridgehead atoms. The van der Waals surface area contributed by atoms with Gasteiger partial charge in [0.2, 0.25) is 0 Å². The van der Waals surface area contributed by atoms with Crippen molar-refractivity contribution in [1.29, 1.82) is 0 Å². The van der Waals surface area contributed by atoms with Crippen LogP contribution in [0.25, 0.3) is 0 Å². The molecular formula is C13H18. The maximum absolute atomic E-state index is 2.45. The van der Waals surface area contributed by atoms with Gasteiger partial charge in [-0.05, 0) is 42.2 Å². The quantitative estimate of drug-likeness (QED) is 0.566. The Kier molecular flexibility index (Phi) is 2.39. The SMILES string of the molecule is CC(C)C1CC=CC2=CCCC=C21. The lowest BCUT2D eigenvalue weighted by molar-refractivity contribution is 0.444. The van der Waals surface area contributed by atoms with Crippen LogP contribution in [0, 0.1) is 11.8 Å². The van der Waals surface area contributed by atoms with Gasteiger partial charge < -0.3 is 0 Å². The van der Waals surface area contributed by atoms with Gasteiger partial charge in [0.1, 0.15) is 0 Å². The van der Waals surface area contributed by atoms with Gasteiger partial charge in [-0.2, -0.15) is 0 Å². The second kappa shape index (κ2) is 3.53. The summed E-state index contributed by atoms with van der Waals surface area (Å²) in [5.74, 6) is 1.55. The summed E-state index contributed by atoms with van der Waals surface area (Å²) in [7, 11) is 0. The van der Waals surface area contributed by atoms with E-state index in [1.165, 1.54) is 24.8 Å². The summed E-state index contributed by atoms with van der Waals surface area (Å²) in [6.45, 7) is 4.66. The highest BCUT2D eigenvalue weighted by Gasteiger charge is 2.22. The molecule has 0 aliphatic heterocycles. The molecule has 70 valence electrons. The fourth-order valence-corrected chi connectivity index (χ4v) is 2.34. The van der Waals surface area contributed by atoms with Gasteiger partial charge in [-0.25, -0.2) is 0 Å². The van der Waals surface area contributed by atoms with Gasteiger partial charge in [0.05, 0.1) is 0 Å². The fraction of sp³-hybridized carbons (Fsp3) is 0.538. The van der Waals surface area contributed by atoms with E-state index < -0.39 is 0 Å². The Balaban J connectivity index is 2.30. The van der Waals surface area contributed by atoms with Gasteiger partial charge in [-0.3, -0.25) is 0 Å². The van der Waals surface area contributed by atoms with Crippen LogP contribution in [-0.4, -0.2) is 0 Å². The molecule has 13 heavy (non-hydrogen) atoms. The first-order chi connectivity index (χ1) is 6.29. The van der Waals surface area contributed by atoms with Gasteiger partial charge in [0.25, 0.3) is 0 Å². The third kappa shape index (κ3) is 1.63. The Morgan fingerprint density at radius 2 is 2.00 bits per heavy atom. The van der Waals surface area contributed by atoms with Crippen LogP contribution in [0.15, 0.2) is 35.5 Å². The van der Waals surface area contributed by atoms with Crippen molar-refractivity contribution in [1.82, 2.24) is 0 Å². The fourth-order valence-electron chi connectivity index (χ4n) is 2.34. The molecule has 0 aromatic rings. The zero-order chi connectivity index (χ0) is 9.26. The maximum Gasteiger partial charge on any atom is -0.0102 e. The molecule has 1 unspecified atom stereocenters. The lowest BCUT2D eigenvalue weighted by atomic mass is 9.76. The van der Waals surface area contributed by atoms with Crippen molar-refractivity contribution >= 4 is 0 Å². The maximum atomic E-state index is 2.45. The summed E-state index contributed by atoms with van der Waals surface area (Å²) >= 11 is 0. The predicted molar refractivity (Wildman–Crippen MR) is 57.5 cm³/mol. The van der Waals surface area contributed by atoms with E-state index in [2.05, 4.69) is 38.2 Å². The molecule has 0 heterocycles. The molecule has 0 N–H and O–H groups in total. The minimum atomic E-state index is 0.775. The van der Waals surface area contributed by atoms with Crippen molar-refractivity contribution in [2.45, 2.75) is 33.1 Å². The molecule has 0 spiro atoms. The highest BCUT2D eigenvalue weighted by Crippen LogP contribution is 2.36. The van der Waals surface area contributed by atoms with E-state index in [1.54, 1.807) is 5.57 Å². The van der Waals surface area contributed by atoms with Crippen LogP contribution in [0.1, 0.15) is 33.1 Å². The topological polar surface area (TPSA) is 0 Å². The normalized spacial score (nSPS) is 26.8. The average Bonchev–Trinajstić information content (AvgIpc) is 2.17. The molecule has 2 aliphatic rings. The van der Waals surface area contributed by atoms with Crippen molar-refractivity contribution in [2.75, 3.05) is 0 Å². The van der Waals surface area contributed by atoms with Crippen LogP contribution in [0.2, 0.25) is 0 Å². The van der Waals surface area contributed by atoms with Crippen molar-refractivity contribution in [3.63, 3.8) is 0 Å². The summed E-state index contributed by atoms with van der Waals surface area (Å²) in [4.78, 5) is 0. The Morgan fingerprint density at radius 1 is 1.23 bits per heavy atom. The van der Waals surface area contributed by atoms with Gasteiger partial charge in [0, 0.05) is 0 Å². The summed E-state index contributed by atoms with van der Waals surface area (Å²) in [5, 5.41) is 0. The zero-order valence-corrected chi connectivity index (χ0v) is 8.59. The Labute approximate surface area is 81.0 Å². The van der Waals surface area contributed by atoms with Crippen molar-refractivity contribution in [3.8, 4) is 0 Å². The number of rotatable bonds is 1. The highest BCUT2D eigenvalue weighted by atomic mass is 14.3. The van der Waals surface area contributed by atoms with Crippen molar-refractivity contribution in [2.24, 2.45) is 11.8 Å². The molecular weight excluding hydrogens is 156 g/mol. The first-order valence-corrected chi connectivity index (χ1v) is 5.36. The van der Waals surface area contributed by atoms with E-state index in [-0.39, 0.29) is 0 Å². The van der Waals surface area contributed by atoms with E-state index in [1.807, 2.05) is 0 Å². The monoisotopic (exact) mass is 174 g/mol. The number of fused-ring (bicyclic) bond motifs is 1. The molecule has 0 aromatic carbocycles. The lowest BCUT2D eigenvalue weighted by Crippen LogP contribution is -2.16. The smallest absolute Gasteiger partial charge is 0.0102 e. The Morgan fingerprint density at radius 3 is 2.77 bits per heavy atom. The zero-order valence-electron chi connectivity index (χ0n) is 8.59. The minimum Gasteiger partial charge on any atom is -0.0833 e. The van der Waals surface area contributed by atoms with Crippen molar-refractivity contribution in [3.05, 3.63) is 35.5 Å². The molecule has 0 amide bonds. The van der Waals surface area contributed by atoms with Crippen LogP contribution >= 0.6 is 0 Å². The largest absolute Gasteiger partial charge is 0.0833 e. The van der Waals surface area contributed by atoms with Crippen molar-refractivity contribution < 1.29 is 0 Å². The third-order valence-electron chi connectivity index (χ3n) is 3.12. The summed E-state index contributed by atoms with van der Waals surface area (Å²) in [6.07, 6.45) is 13.2. The van der Waals surface area contributed by atoms with E-state index >= 15 is 0 Å². The third-order valence-corrected chi connectivity index (χ3v) is 3.12. The standard InChI is InChI=1S/C13H18/c1-10(2)12-9-5-7-11-6-3-4-8-13(11)12/h5-8,10,12H,3-4,9H2,1-2H3. The second-order valence-electron chi connectivity index (χ2n) is 4.38. The molecule has 0 aromatic heterocycles. The second-order valence-corrected chi connectivity index (χ2v) is 4.38. The molecule has 0 saturated carbocycles. The lowest BCUT2D eigenvalue weighted by Gasteiger charge is -2.29. The van der Waals surface area contributed by atoms with Gasteiger partial charge in [-0.1, -0.05) is 38.2 Å². The molecule has 0 nitrogen and oxygen atoms in total. The van der Waals surface area contributed by atoms with Gasteiger partial charge >= 0.3 is 0 Å². The molecule has 1 atom stereocenters. The van der Waals surface area contributed by atoms with E-state index in [0.717, 1.165) is 11.8 Å². The van der Waals surface area contributed by atoms with E-state index in [9.17, 15) is 0 Å². The van der Waals surface area contributed by atoms with Crippen LogP contribution in [0.3, 0.4) is 0 Å². The van der Waals surface area contributed by atoms with Gasteiger partial charge in [-0.15, -0.1) is 0 Å². The first kappa shape index (κ1) is 8.80. The Hall–Kier alpha value is -0.780. The van der Waals surface area contributed by atoms with Crippen LogP contribution < -0.4 is 0 Å². The number of hydrogen-bond acceptors (Lipinski definition) is 0. The molecule has 2 rings (SSSR count). The highest BCUT2D eigenvalue weighted by molar-refractivity contribution is 5.46. The van der Waals surface area contributed by atoms with Crippen LogP contribution in [0.5, 0.6) is 0 Å². The van der Waals surface area contributed by atoms with Crippen LogP contribution in [0.4, 0.5) is 0 Å². The molecule has 0 heteroatoms. The Bertz CT molecular complexity index is 276. The minimum absolute atomic E-state index is 0.775. The molecule has 0 saturated heterocycles. The van der Waals surface area contributed by atoms with Gasteiger partial charge in [0.15, 0.2) is 0 Å². The number of hydrogen-bond donors (Lipinski definition) is 0. The molecule has 0 fully saturated rings. The van der Waals surface area contributed by atoms with E-state index in [4.69, 9.17) is 0 Å². The summed E-state index contributed by atoms with van der Waals surface area (Å²) in [5.41, 5.74) is 3.11. The van der Waals surface area contributed by atoms with Crippen LogP contribution in [-0.2, 0) is 0 Å². The summed E-state index contributed by atoms with van der Waals surface area (Å²) < 4.78 is 0.